The molecule has 2 aliphatic heterocycles. The molecule has 0 spiro atoms. The number of rotatable bonds is 4. The van der Waals surface area contributed by atoms with E-state index in [1.807, 2.05) is 0 Å². The molecule has 134 valence electrons. The van der Waals surface area contributed by atoms with Crippen molar-refractivity contribution in [2.24, 2.45) is 5.92 Å². The van der Waals surface area contributed by atoms with E-state index in [0.717, 1.165) is 12.8 Å². The van der Waals surface area contributed by atoms with Gasteiger partial charge in [-0.05, 0) is 40.5 Å². The lowest BCUT2D eigenvalue weighted by Gasteiger charge is -2.26. The van der Waals surface area contributed by atoms with Crippen molar-refractivity contribution in [2.75, 3.05) is 26.3 Å². The molecular weight excluding hydrogens is 321 g/mol. The van der Waals surface area contributed by atoms with Crippen LogP contribution < -0.4 is 0 Å². The number of nitrogens with zero attached hydrogens (tertiary/aromatic N) is 1. The van der Waals surface area contributed by atoms with Crippen LogP contribution in [-0.2, 0) is 18.6 Å². The zero-order valence-electron chi connectivity index (χ0n) is 14.4. The minimum atomic E-state index is -3.81. The van der Waals surface area contributed by atoms with Gasteiger partial charge in [0.25, 0.3) is 0 Å². The van der Waals surface area contributed by atoms with Crippen LogP contribution in [0.4, 0.5) is 4.79 Å². The molecule has 0 aromatic carbocycles. The molecule has 0 aromatic rings. The first kappa shape index (κ1) is 18.7. The predicted octanol–water partition coefficient (Wildman–Crippen LogP) is 2.62. The molecule has 2 rings (SSSR count). The Hall–Kier alpha value is -0.620. The van der Waals surface area contributed by atoms with Gasteiger partial charge in [-0.25, -0.2) is 4.79 Å². The van der Waals surface area contributed by atoms with Gasteiger partial charge in [-0.1, -0.05) is 0 Å². The molecule has 4 atom stereocenters. The zero-order valence-corrected chi connectivity index (χ0v) is 15.3. The molecule has 0 aromatic heterocycles. The van der Waals surface area contributed by atoms with Crippen LogP contribution in [0.25, 0.3) is 0 Å². The maximum atomic E-state index is 12.5. The van der Waals surface area contributed by atoms with Crippen molar-refractivity contribution >= 4 is 13.7 Å². The Morgan fingerprint density at radius 3 is 2.61 bits per heavy atom. The van der Waals surface area contributed by atoms with Gasteiger partial charge in [0.05, 0.1) is 18.4 Å². The molecule has 2 heterocycles. The molecule has 23 heavy (non-hydrogen) atoms. The second kappa shape index (κ2) is 7.09. The van der Waals surface area contributed by atoms with E-state index in [1.54, 1.807) is 27.7 Å². The van der Waals surface area contributed by atoms with Crippen LogP contribution in [0.1, 0.15) is 40.5 Å². The third kappa shape index (κ3) is 4.69. The van der Waals surface area contributed by atoms with Gasteiger partial charge < -0.3 is 23.8 Å². The van der Waals surface area contributed by atoms with E-state index in [2.05, 4.69) is 0 Å². The van der Waals surface area contributed by atoms with Gasteiger partial charge in [-0.2, -0.15) is 0 Å². The molecule has 8 heteroatoms. The fourth-order valence-corrected chi connectivity index (χ4v) is 4.95. The molecule has 0 bridgehead atoms. The van der Waals surface area contributed by atoms with E-state index in [-0.39, 0.29) is 25.2 Å². The highest BCUT2D eigenvalue weighted by Gasteiger charge is 2.50. The van der Waals surface area contributed by atoms with E-state index in [0.29, 0.717) is 13.2 Å². The lowest BCUT2D eigenvalue weighted by molar-refractivity contribution is 0.0251. The van der Waals surface area contributed by atoms with Gasteiger partial charge in [-0.3, -0.25) is 4.57 Å². The molecule has 2 saturated heterocycles. The Bertz CT molecular complexity index is 471. The largest absolute Gasteiger partial charge is 0.444 e. The second-order valence-corrected chi connectivity index (χ2v) is 9.20. The van der Waals surface area contributed by atoms with Crippen LogP contribution in [0, 0.1) is 5.92 Å². The lowest BCUT2D eigenvalue weighted by Crippen LogP contribution is -2.36. The van der Waals surface area contributed by atoms with Crippen molar-refractivity contribution in [3.63, 3.8) is 0 Å². The van der Waals surface area contributed by atoms with E-state index >= 15 is 0 Å². The molecule has 4 unspecified atom stereocenters. The molecular formula is C15H28NO6P. The maximum Gasteiger partial charge on any atom is 0.410 e. The number of hydrogen-bond acceptors (Lipinski definition) is 5. The normalized spacial score (nSPS) is 31.2. The minimum Gasteiger partial charge on any atom is -0.444 e. The van der Waals surface area contributed by atoms with E-state index < -0.39 is 24.9 Å². The van der Waals surface area contributed by atoms with Crippen LogP contribution in [-0.4, -0.2) is 59.6 Å². The number of likely N-dealkylation sites (tertiary alicyclic amines) is 1. The first-order valence-corrected chi connectivity index (χ1v) is 9.85. The highest BCUT2D eigenvalue weighted by molar-refractivity contribution is 7.53. The van der Waals surface area contributed by atoms with Gasteiger partial charge in [-0.15, -0.1) is 0 Å². The summed E-state index contributed by atoms with van der Waals surface area (Å²) in [7, 11) is -3.81. The van der Waals surface area contributed by atoms with Crippen molar-refractivity contribution in [3.8, 4) is 0 Å². The van der Waals surface area contributed by atoms with Crippen LogP contribution >= 0.6 is 7.60 Å². The first-order chi connectivity index (χ1) is 10.6. The second-order valence-electron chi connectivity index (χ2n) is 7.15. The van der Waals surface area contributed by atoms with E-state index in [1.165, 1.54) is 4.90 Å². The fraction of sp³-hybridized carbons (Fsp3) is 0.933. The summed E-state index contributed by atoms with van der Waals surface area (Å²) in [6, 6.07) is 0. The Morgan fingerprint density at radius 2 is 2.09 bits per heavy atom. The highest BCUT2D eigenvalue weighted by atomic mass is 31.2. The number of ether oxygens (including phenoxy) is 2. The summed E-state index contributed by atoms with van der Waals surface area (Å²) in [5.41, 5.74) is -1.23. The number of hydrogen-bond donors (Lipinski definition) is 1. The van der Waals surface area contributed by atoms with Crippen LogP contribution in [0.5, 0.6) is 0 Å². The predicted molar refractivity (Wildman–Crippen MR) is 85.5 cm³/mol. The summed E-state index contributed by atoms with van der Waals surface area (Å²) in [5.74, 6) is -0.201. The third-order valence-corrected chi connectivity index (χ3v) is 6.17. The molecule has 2 aliphatic rings. The summed E-state index contributed by atoms with van der Waals surface area (Å²) in [6.07, 6.45) is 1.22. The Morgan fingerprint density at radius 1 is 1.39 bits per heavy atom. The van der Waals surface area contributed by atoms with Gasteiger partial charge in [0.2, 0.25) is 0 Å². The molecule has 2 fully saturated rings. The highest BCUT2D eigenvalue weighted by Crippen LogP contribution is 2.54. The smallest absolute Gasteiger partial charge is 0.410 e. The fourth-order valence-electron chi connectivity index (χ4n) is 3.22. The van der Waals surface area contributed by atoms with Crippen molar-refractivity contribution in [3.05, 3.63) is 0 Å². The molecule has 0 radical (unpaired) electrons. The summed E-state index contributed by atoms with van der Waals surface area (Å²) >= 11 is 0. The van der Waals surface area contributed by atoms with Gasteiger partial charge in [0.15, 0.2) is 0 Å². The topological polar surface area (TPSA) is 85.3 Å². The summed E-state index contributed by atoms with van der Waals surface area (Å²) in [6.45, 7) is 8.42. The average molecular weight is 349 g/mol. The monoisotopic (exact) mass is 349 g/mol. The van der Waals surface area contributed by atoms with Gasteiger partial charge in [0, 0.05) is 25.6 Å². The first-order valence-electron chi connectivity index (χ1n) is 8.20. The van der Waals surface area contributed by atoms with Crippen molar-refractivity contribution in [1.82, 2.24) is 4.90 Å². The molecule has 0 aliphatic carbocycles. The van der Waals surface area contributed by atoms with Gasteiger partial charge in [0.1, 0.15) is 5.60 Å². The minimum absolute atomic E-state index is 0.103. The molecule has 1 amide bonds. The number of carbonyl (C=O) groups is 1. The van der Waals surface area contributed by atoms with E-state index in [4.69, 9.17) is 14.0 Å². The maximum absolute atomic E-state index is 12.5. The molecule has 0 saturated carbocycles. The van der Waals surface area contributed by atoms with Gasteiger partial charge >= 0.3 is 13.7 Å². The summed E-state index contributed by atoms with van der Waals surface area (Å²) < 4.78 is 28.7. The Kier molecular flexibility index (Phi) is 5.77. The molecule has 7 nitrogen and oxygen atoms in total. The zero-order chi connectivity index (χ0) is 17.3. The summed E-state index contributed by atoms with van der Waals surface area (Å²) in [4.78, 5) is 24.1. The summed E-state index contributed by atoms with van der Waals surface area (Å²) in [5, 5.41) is 0. The standard InChI is InChI=1S/C15H28NO6P/c1-5-21-23(18,19)13-10-16(14(17)22-15(2,3)4)9-11(13)12-7-6-8-20-12/h11-13H,5-10H2,1-4H3,(H,18,19). The Labute approximate surface area is 137 Å². The number of carbonyl (C=O) groups excluding carboxylic acids is 1. The average Bonchev–Trinajstić information content (AvgIpc) is 3.06. The van der Waals surface area contributed by atoms with Crippen LogP contribution in [0.15, 0.2) is 0 Å². The quantitative estimate of drug-likeness (QED) is 0.785. The third-order valence-electron chi connectivity index (χ3n) is 4.16. The lowest BCUT2D eigenvalue weighted by atomic mass is 9.99. The van der Waals surface area contributed by atoms with Crippen molar-refractivity contribution < 1.29 is 28.3 Å². The van der Waals surface area contributed by atoms with Crippen molar-refractivity contribution in [2.45, 2.75) is 57.9 Å². The molecule has 1 N–H and O–H groups in total. The number of amides is 1. The van der Waals surface area contributed by atoms with E-state index in [9.17, 15) is 14.3 Å². The van der Waals surface area contributed by atoms with Crippen molar-refractivity contribution in [1.29, 1.82) is 0 Å². The van der Waals surface area contributed by atoms with Crippen LogP contribution in [0.3, 0.4) is 0 Å². The Balaban J connectivity index is 2.14. The SMILES string of the molecule is CCOP(=O)(O)C1CN(C(=O)OC(C)(C)C)CC1C1CCCO1. The van der Waals surface area contributed by atoms with Crippen LogP contribution in [0.2, 0.25) is 0 Å².